The number of hydrogen-bond acceptors (Lipinski definition) is 5. The molecule has 1 fully saturated rings. The standard InChI is InChI=1S/C15H25N3O2S/c1-18(2)13(12-5-8-21-10-12)9-17-15(19)14(16)11-3-6-20-7-4-11/h5,8,10-11,13-14H,3-4,6-7,9,16H2,1-2H3,(H,17,19). The van der Waals surface area contributed by atoms with Crippen molar-refractivity contribution in [3.05, 3.63) is 22.4 Å². The van der Waals surface area contributed by atoms with Gasteiger partial charge in [-0.1, -0.05) is 0 Å². The number of nitrogens with two attached hydrogens (primary N) is 1. The Kier molecular flexibility index (Phi) is 6.17. The van der Waals surface area contributed by atoms with E-state index in [1.807, 2.05) is 14.1 Å². The number of rotatable bonds is 6. The Morgan fingerprint density at radius 1 is 1.52 bits per heavy atom. The zero-order chi connectivity index (χ0) is 15.2. The lowest BCUT2D eigenvalue weighted by Crippen LogP contribution is -2.48. The molecule has 21 heavy (non-hydrogen) atoms. The smallest absolute Gasteiger partial charge is 0.237 e. The number of ether oxygens (including phenoxy) is 1. The van der Waals surface area contributed by atoms with E-state index in [0.29, 0.717) is 19.8 Å². The Bertz CT molecular complexity index is 430. The van der Waals surface area contributed by atoms with Gasteiger partial charge in [0.1, 0.15) is 0 Å². The molecule has 1 aliphatic heterocycles. The predicted octanol–water partition coefficient (Wildman–Crippen LogP) is 1.22. The molecule has 6 heteroatoms. The summed E-state index contributed by atoms with van der Waals surface area (Å²) in [5, 5.41) is 7.18. The van der Waals surface area contributed by atoms with E-state index < -0.39 is 6.04 Å². The Morgan fingerprint density at radius 2 is 2.24 bits per heavy atom. The summed E-state index contributed by atoms with van der Waals surface area (Å²) in [5.41, 5.74) is 7.32. The minimum absolute atomic E-state index is 0.0519. The van der Waals surface area contributed by atoms with Gasteiger partial charge in [-0.05, 0) is 55.2 Å². The lowest BCUT2D eigenvalue weighted by atomic mass is 9.92. The first kappa shape index (κ1) is 16.4. The fourth-order valence-corrected chi connectivity index (χ4v) is 3.37. The summed E-state index contributed by atoms with van der Waals surface area (Å²) in [5.74, 6) is 0.182. The van der Waals surface area contributed by atoms with Crippen LogP contribution in [0.4, 0.5) is 0 Å². The molecule has 2 unspecified atom stereocenters. The summed E-state index contributed by atoms with van der Waals surface area (Å²) in [6.45, 7) is 2.00. The highest BCUT2D eigenvalue weighted by Crippen LogP contribution is 2.21. The SMILES string of the molecule is CN(C)C(CNC(=O)C(N)C1CCOCC1)c1ccsc1. The highest BCUT2D eigenvalue weighted by Gasteiger charge is 2.27. The van der Waals surface area contributed by atoms with E-state index in [2.05, 4.69) is 27.0 Å². The zero-order valence-corrected chi connectivity index (χ0v) is 13.6. The zero-order valence-electron chi connectivity index (χ0n) is 12.7. The molecule has 1 saturated heterocycles. The van der Waals surface area contributed by atoms with Gasteiger partial charge in [0.15, 0.2) is 0 Å². The van der Waals surface area contributed by atoms with Gasteiger partial charge in [-0.15, -0.1) is 0 Å². The van der Waals surface area contributed by atoms with Crippen LogP contribution in [-0.2, 0) is 9.53 Å². The average Bonchev–Trinajstić information content (AvgIpc) is 3.01. The van der Waals surface area contributed by atoms with Crippen LogP contribution in [0.5, 0.6) is 0 Å². The molecule has 2 atom stereocenters. The predicted molar refractivity (Wildman–Crippen MR) is 85.3 cm³/mol. The van der Waals surface area contributed by atoms with Crippen LogP contribution in [0.1, 0.15) is 24.4 Å². The van der Waals surface area contributed by atoms with Gasteiger partial charge >= 0.3 is 0 Å². The van der Waals surface area contributed by atoms with Gasteiger partial charge in [0.2, 0.25) is 5.91 Å². The number of hydrogen-bond donors (Lipinski definition) is 2. The van der Waals surface area contributed by atoms with Crippen molar-refractivity contribution in [2.24, 2.45) is 11.7 Å². The first-order chi connectivity index (χ1) is 10.1. The molecule has 5 nitrogen and oxygen atoms in total. The maximum absolute atomic E-state index is 12.2. The molecule has 118 valence electrons. The molecule has 1 aromatic heterocycles. The molecule has 0 radical (unpaired) electrons. The van der Waals surface area contributed by atoms with E-state index >= 15 is 0 Å². The quantitative estimate of drug-likeness (QED) is 0.829. The van der Waals surface area contributed by atoms with Crippen LogP contribution < -0.4 is 11.1 Å². The van der Waals surface area contributed by atoms with Crippen LogP contribution >= 0.6 is 11.3 Å². The molecular weight excluding hydrogens is 286 g/mol. The highest BCUT2D eigenvalue weighted by molar-refractivity contribution is 7.07. The molecule has 0 aromatic carbocycles. The summed E-state index contributed by atoms with van der Waals surface area (Å²) >= 11 is 1.67. The van der Waals surface area contributed by atoms with E-state index in [-0.39, 0.29) is 17.9 Å². The van der Waals surface area contributed by atoms with Gasteiger partial charge in [-0.25, -0.2) is 0 Å². The molecule has 1 aliphatic rings. The van der Waals surface area contributed by atoms with Crippen molar-refractivity contribution < 1.29 is 9.53 Å². The second kappa shape index (κ2) is 7.89. The maximum atomic E-state index is 12.2. The number of carbonyl (C=O) groups excluding carboxylic acids is 1. The molecule has 1 amide bonds. The third-order valence-electron chi connectivity index (χ3n) is 4.10. The second-order valence-electron chi connectivity index (χ2n) is 5.76. The Balaban J connectivity index is 1.86. The number of amides is 1. The van der Waals surface area contributed by atoms with E-state index in [1.54, 1.807) is 11.3 Å². The lowest BCUT2D eigenvalue weighted by Gasteiger charge is -2.28. The number of nitrogens with zero attached hydrogens (tertiary/aromatic N) is 1. The Morgan fingerprint density at radius 3 is 2.81 bits per heavy atom. The molecule has 0 spiro atoms. The van der Waals surface area contributed by atoms with Crippen molar-refractivity contribution in [1.82, 2.24) is 10.2 Å². The van der Waals surface area contributed by atoms with E-state index in [0.717, 1.165) is 12.8 Å². The Hall–Kier alpha value is -0.950. The number of thiophene rings is 1. The van der Waals surface area contributed by atoms with Crippen molar-refractivity contribution in [3.63, 3.8) is 0 Å². The Labute approximate surface area is 130 Å². The van der Waals surface area contributed by atoms with Crippen LogP contribution in [0.2, 0.25) is 0 Å². The molecule has 0 bridgehead atoms. The summed E-state index contributed by atoms with van der Waals surface area (Å²) in [7, 11) is 4.04. The van der Waals surface area contributed by atoms with Crippen LogP contribution in [0.3, 0.4) is 0 Å². The molecule has 2 heterocycles. The van der Waals surface area contributed by atoms with Gasteiger partial charge in [0.05, 0.1) is 12.1 Å². The van der Waals surface area contributed by atoms with Crippen molar-refractivity contribution in [1.29, 1.82) is 0 Å². The molecule has 1 aromatic rings. The van der Waals surface area contributed by atoms with Gasteiger partial charge < -0.3 is 20.7 Å². The van der Waals surface area contributed by atoms with E-state index in [9.17, 15) is 4.79 Å². The largest absolute Gasteiger partial charge is 0.381 e. The van der Waals surface area contributed by atoms with Crippen LogP contribution in [0.15, 0.2) is 16.8 Å². The fraction of sp³-hybridized carbons (Fsp3) is 0.667. The van der Waals surface area contributed by atoms with E-state index in [4.69, 9.17) is 10.5 Å². The van der Waals surface area contributed by atoms with Gasteiger partial charge in [-0.3, -0.25) is 4.79 Å². The maximum Gasteiger partial charge on any atom is 0.237 e. The first-order valence-corrected chi connectivity index (χ1v) is 8.33. The summed E-state index contributed by atoms with van der Waals surface area (Å²) in [6, 6.07) is 1.85. The van der Waals surface area contributed by atoms with Crippen LogP contribution in [0.25, 0.3) is 0 Å². The number of carbonyl (C=O) groups is 1. The molecular formula is C15H25N3O2S. The summed E-state index contributed by atoms with van der Waals surface area (Å²) < 4.78 is 5.32. The van der Waals surface area contributed by atoms with Crippen LogP contribution in [-0.4, -0.2) is 50.7 Å². The first-order valence-electron chi connectivity index (χ1n) is 7.39. The van der Waals surface area contributed by atoms with Gasteiger partial charge in [-0.2, -0.15) is 11.3 Å². The minimum Gasteiger partial charge on any atom is -0.381 e. The molecule has 3 N–H and O–H groups in total. The van der Waals surface area contributed by atoms with Gasteiger partial charge in [0.25, 0.3) is 0 Å². The lowest BCUT2D eigenvalue weighted by molar-refractivity contribution is -0.124. The van der Waals surface area contributed by atoms with Crippen molar-refractivity contribution in [2.75, 3.05) is 33.9 Å². The normalized spacial score (nSPS) is 19.4. The average molecular weight is 311 g/mol. The van der Waals surface area contributed by atoms with Gasteiger partial charge in [0, 0.05) is 19.8 Å². The number of nitrogens with one attached hydrogen (secondary N) is 1. The molecule has 2 rings (SSSR count). The third-order valence-corrected chi connectivity index (χ3v) is 4.80. The summed E-state index contributed by atoms with van der Waals surface area (Å²) in [4.78, 5) is 14.4. The third kappa shape index (κ3) is 4.51. The fourth-order valence-electron chi connectivity index (χ4n) is 2.67. The summed E-state index contributed by atoms with van der Waals surface area (Å²) in [6.07, 6.45) is 1.74. The van der Waals surface area contributed by atoms with Crippen molar-refractivity contribution in [2.45, 2.75) is 24.9 Å². The molecule has 0 saturated carbocycles. The molecule has 0 aliphatic carbocycles. The van der Waals surface area contributed by atoms with Crippen molar-refractivity contribution in [3.8, 4) is 0 Å². The topological polar surface area (TPSA) is 67.6 Å². The minimum atomic E-state index is -0.431. The second-order valence-corrected chi connectivity index (χ2v) is 6.54. The highest BCUT2D eigenvalue weighted by atomic mass is 32.1. The van der Waals surface area contributed by atoms with Crippen molar-refractivity contribution >= 4 is 17.2 Å². The number of likely N-dealkylation sites (N-methyl/N-ethyl adjacent to an activating group) is 1. The van der Waals surface area contributed by atoms with E-state index in [1.165, 1.54) is 5.56 Å². The monoisotopic (exact) mass is 311 g/mol. The van der Waals surface area contributed by atoms with Crippen LogP contribution in [0, 0.1) is 5.92 Å².